The Hall–Kier alpha value is -1.13. The lowest BCUT2D eigenvalue weighted by molar-refractivity contribution is 0.409. The standard InChI is InChI=1S/C16H30N4/c1-6-15(17)16-8-7-14(11-18-16)20(12-13(2)3)10-9-19(4)5/h7-8,11,13,15H,6,9-10,12,17H2,1-5H3/t15-/m0/s1. The minimum Gasteiger partial charge on any atom is -0.369 e. The van der Waals surface area contributed by atoms with Gasteiger partial charge in [-0.25, -0.2) is 0 Å². The van der Waals surface area contributed by atoms with Gasteiger partial charge in [0.15, 0.2) is 0 Å². The first kappa shape index (κ1) is 16.9. The topological polar surface area (TPSA) is 45.4 Å². The van der Waals surface area contributed by atoms with Crippen LogP contribution in [0.25, 0.3) is 0 Å². The van der Waals surface area contributed by atoms with Gasteiger partial charge in [-0.2, -0.15) is 0 Å². The van der Waals surface area contributed by atoms with Crippen LogP contribution in [0.1, 0.15) is 38.9 Å². The summed E-state index contributed by atoms with van der Waals surface area (Å²) in [5.41, 5.74) is 8.18. The molecule has 1 heterocycles. The number of nitrogens with zero attached hydrogens (tertiary/aromatic N) is 3. The van der Waals surface area contributed by atoms with Gasteiger partial charge in [-0.1, -0.05) is 20.8 Å². The zero-order chi connectivity index (χ0) is 15.1. The van der Waals surface area contributed by atoms with Gasteiger partial charge in [0.25, 0.3) is 0 Å². The van der Waals surface area contributed by atoms with Crippen molar-refractivity contribution in [2.45, 2.75) is 33.2 Å². The Balaban J connectivity index is 2.79. The van der Waals surface area contributed by atoms with Gasteiger partial charge in [0, 0.05) is 25.7 Å². The van der Waals surface area contributed by atoms with Crippen LogP contribution < -0.4 is 10.6 Å². The van der Waals surface area contributed by atoms with Gasteiger partial charge in [0.2, 0.25) is 0 Å². The summed E-state index contributed by atoms with van der Waals surface area (Å²) in [7, 11) is 4.21. The third-order valence-electron chi connectivity index (χ3n) is 3.36. The van der Waals surface area contributed by atoms with Crippen molar-refractivity contribution in [1.29, 1.82) is 0 Å². The summed E-state index contributed by atoms with van der Waals surface area (Å²) < 4.78 is 0. The van der Waals surface area contributed by atoms with E-state index in [1.54, 1.807) is 0 Å². The Morgan fingerprint density at radius 1 is 1.20 bits per heavy atom. The number of hydrogen-bond acceptors (Lipinski definition) is 4. The van der Waals surface area contributed by atoms with Crippen molar-refractivity contribution >= 4 is 5.69 Å². The molecule has 0 spiro atoms. The lowest BCUT2D eigenvalue weighted by Gasteiger charge is -2.28. The maximum absolute atomic E-state index is 6.02. The van der Waals surface area contributed by atoms with E-state index < -0.39 is 0 Å². The fourth-order valence-corrected chi connectivity index (χ4v) is 2.10. The monoisotopic (exact) mass is 278 g/mol. The fourth-order valence-electron chi connectivity index (χ4n) is 2.10. The van der Waals surface area contributed by atoms with E-state index >= 15 is 0 Å². The minimum atomic E-state index is 0.0457. The molecule has 0 aliphatic heterocycles. The van der Waals surface area contributed by atoms with Crippen LogP contribution in [0.4, 0.5) is 5.69 Å². The number of anilines is 1. The lowest BCUT2D eigenvalue weighted by Crippen LogP contribution is -2.34. The fraction of sp³-hybridized carbons (Fsp3) is 0.688. The molecular weight excluding hydrogens is 248 g/mol. The molecule has 114 valence electrons. The van der Waals surface area contributed by atoms with Crippen molar-refractivity contribution in [3.05, 3.63) is 24.0 Å². The van der Waals surface area contributed by atoms with Crippen LogP contribution in [0.5, 0.6) is 0 Å². The number of hydrogen-bond donors (Lipinski definition) is 1. The number of aromatic nitrogens is 1. The molecule has 0 aromatic carbocycles. The van der Waals surface area contributed by atoms with E-state index in [1.165, 1.54) is 5.69 Å². The molecule has 0 unspecified atom stereocenters. The van der Waals surface area contributed by atoms with E-state index in [9.17, 15) is 0 Å². The van der Waals surface area contributed by atoms with Crippen LogP contribution in [0.15, 0.2) is 18.3 Å². The molecule has 0 fully saturated rings. The number of pyridine rings is 1. The summed E-state index contributed by atoms with van der Waals surface area (Å²) in [4.78, 5) is 9.14. The zero-order valence-electron chi connectivity index (χ0n) is 13.6. The Morgan fingerprint density at radius 2 is 1.90 bits per heavy atom. The average molecular weight is 278 g/mol. The lowest BCUT2D eigenvalue weighted by atomic mass is 10.1. The molecule has 0 bridgehead atoms. The molecule has 4 heteroatoms. The molecule has 0 saturated heterocycles. The van der Waals surface area contributed by atoms with Crippen molar-refractivity contribution < 1.29 is 0 Å². The van der Waals surface area contributed by atoms with E-state index in [0.717, 1.165) is 31.7 Å². The third kappa shape index (κ3) is 5.47. The van der Waals surface area contributed by atoms with Gasteiger partial charge in [-0.15, -0.1) is 0 Å². The van der Waals surface area contributed by atoms with Crippen LogP contribution >= 0.6 is 0 Å². The molecule has 0 aliphatic rings. The summed E-state index contributed by atoms with van der Waals surface area (Å²) in [6.07, 6.45) is 2.88. The van der Waals surface area contributed by atoms with Crippen LogP contribution in [-0.2, 0) is 0 Å². The van der Waals surface area contributed by atoms with Gasteiger partial charge in [0.1, 0.15) is 0 Å². The van der Waals surface area contributed by atoms with Crippen LogP contribution in [0, 0.1) is 5.92 Å². The van der Waals surface area contributed by atoms with E-state index in [-0.39, 0.29) is 6.04 Å². The van der Waals surface area contributed by atoms with Crippen LogP contribution in [-0.4, -0.2) is 43.6 Å². The van der Waals surface area contributed by atoms with E-state index in [4.69, 9.17) is 5.73 Å². The van der Waals surface area contributed by atoms with Crippen LogP contribution in [0.2, 0.25) is 0 Å². The minimum absolute atomic E-state index is 0.0457. The quantitative estimate of drug-likeness (QED) is 0.793. The Kier molecular flexibility index (Phi) is 6.96. The first-order valence-corrected chi connectivity index (χ1v) is 7.55. The SMILES string of the molecule is CC[C@H](N)c1ccc(N(CCN(C)C)CC(C)C)cn1. The van der Waals surface area contributed by atoms with Gasteiger partial charge in [0.05, 0.1) is 17.6 Å². The van der Waals surface area contributed by atoms with Gasteiger partial charge >= 0.3 is 0 Å². The molecule has 20 heavy (non-hydrogen) atoms. The van der Waals surface area contributed by atoms with E-state index in [1.807, 2.05) is 6.20 Å². The molecular formula is C16H30N4. The maximum Gasteiger partial charge on any atom is 0.0572 e. The van der Waals surface area contributed by atoms with Gasteiger partial charge < -0.3 is 15.5 Å². The Labute approximate surface area is 124 Å². The highest BCUT2D eigenvalue weighted by Gasteiger charge is 2.11. The highest BCUT2D eigenvalue weighted by atomic mass is 15.2. The molecule has 0 saturated carbocycles. The number of rotatable bonds is 8. The number of likely N-dealkylation sites (N-methyl/N-ethyl adjacent to an activating group) is 1. The summed E-state index contributed by atoms with van der Waals surface area (Å²) >= 11 is 0. The summed E-state index contributed by atoms with van der Waals surface area (Å²) in [6.45, 7) is 9.70. The van der Waals surface area contributed by atoms with Crippen molar-refractivity contribution in [2.75, 3.05) is 38.6 Å². The first-order valence-electron chi connectivity index (χ1n) is 7.55. The Morgan fingerprint density at radius 3 is 2.35 bits per heavy atom. The van der Waals surface area contributed by atoms with Crippen molar-refractivity contribution in [2.24, 2.45) is 11.7 Å². The number of nitrogens with two attached hydrogens (primary N) is 1. The molecule has 1 aromatic rings. The molecule has 2 N–H and O–H groups in total. The third-order valence-corrected chi connectivity index (χ3v) is 3.36. The second kappa shape index (κ2) is 8.22. The predicted octanol–water partition coefficient (Wildman–Crippen LogP) is 2.52. The molecule has 0 radical (unpaired) electrons. The highest BCUT2D eigenvalue weighted by molar-refractivity contribution is 5.45. The smallest absolute Gasteiger partial charge is 0.0572 e. The average Bonchev–Trinajstić information content (AvgIpc) is 2.42. The second-order valence-electron chi connectivity index (χ2n) is 6.10. The summed E-state index contributed by atoms with van der Waals surface area (Å²) in [5, 5.41) is 0. The maximum atomic E-state index is 6.02. The zero-order valence-corrected chi connectivity index (χ0v) is 13.6. The summed E-state index contributed by atoms with van der Waals surface area (Å²) in [5.74, 6) is 0.634. The second-order valence-corrected chi connectivity index (χ2v) is 6.10. The van der Waals surface area contributed by atoms with Gasteiger partial charge in [-0.3, -0.25) is 4.98 Å². The molecule has 0 aliphatic carbocycles. The van der Waals surface area contributed by atoms with Crippen molar-refractivity contribution in [3.8, 4) is 0 Å². The van der Waals surface area contributed by atoms with Gasteiger partial charge in [-0.05, 0) is 38.6 Å². The van der Waals surface area contributed by atoms with Crippen molar-refractivity contribution in [1.82, 2.24) is 9.88 Å². The predicted molar refractivity (Wildman–Crippen MR) is 87.1 cm³/mol. The highest BCUT2D eigenvalue weighted by Crippen LogP contribution is 2.18. The summed E-state index contributed by atoms with van der Waals surface area (Å²) in [6, 6.07) is 4.26. The largest absolute Gasteiger partial charge is 0.369 e. The van der Waals surface area contributed by atoms with E-state index in [0.29, 0.717) is 5.92 Å². The molecule has 1 aromatic heterocycles. The van der Waals surface area contributed by atoms with E-state index in [2.05, 4.69) is 61.8 Å². The first-order chi connectivity index (χ1) is 9.43. The normalized spacial score (nSPS) is 13.0. The molecule has 1 rings (SSSR count). The van der Waals surface area contributed by atoms with Crippen LogP contribution in [0.3, 0.4) is 0 Å². The molecule has 1 atom stereocenters. The molecule has 0 amide bonds. The Bertz CT molecular complexity index is 373. The molecule has 4 nitrogen and oxygen atoms in total. The van der Waals surface area contributed by atoms with Crippen molar-refractivity contribution in [3.63, 3.8) is 0 Å².